The molecule has 0 saturated carbocycles. The molecule has 0 spiro atoms. The van der Waals surface area contributed by atoms with Crippen LogP contribution in [-0.2, 0) is 0 Å². The van der Waals surface area contributed by atoms with Crippen molar-refractivity contribution in [2.24, 2.45) is 5.29 Å². The first-order valence-electron chi connectivity index (χ1n) is 3.60. The highest BCUT2D eigenvalue weighted by Crippen LogP contribution is 2.35. The number of benzene rings is 1. The van der Waals surface area contributed by atoms with Crippen molar-refractivity contribution in [1.82, 2.24) is 4.68 Å². The number of aromatic hydroxyl groups is 2. The Morgan fingerprint density at radius 2 is 1.54 bits per heavy atom. The fourth-order valence-electron chi connectivity index (χ4n) is 1.28. The summed E-state index contributed by atoms with van der Waals surface area (Å²) >= 11 is 0. The van der Waals surface area contributed by atoms with Gasteiger partial charge in [-0.05, 0) is 12.1 Å². The summed E-state index contributed by atoms with van der Waals surface area (Å²) < 4.78 is 0.546. The zero-order valence-corrected chi connectivity index (χ0v) is 6.51. The Bertz CT molecular complexity index is 436. The van der Waals surface area contributed by atoms with Gasteiger partial charge in [-0.15, -0.1) is 9.58 Å². The molecule has 0 aliphatic rings. The van der Waals surface area contributed by atoms with E-state index in [1.54, 1.807) is 24.3 Å². The van der Waals surface area contributed by atoms with Crippen LogP contribution in [0.25, 0.3) is 10.8 Å². The van der Waals surface area contributed by atoms with Crippen LogP contribution in [0.3, 0.4) is 0 Å². The molecule has 0 saturated heterocycles. The Morgan fingerprint density at radius 1 is 1.08 bits per heavy atom. The molecule has 0 radical (unpaired) electrons. The Kier molecular flexibility index (Phi) is 1.45. The third kappa shape index (κ3) is 0.868. The summed E-state index contributed by atoms with van der Waals surface area (Å²) in [6.07, 6.45) is 0. The monoisotopic (exact) mass is 178 g/mol. The van der Waals surface area contributed by atoms with Gasteiger partial charge in [0.25, 0.3) is 0 Å². The van der Waals surface area contributed by atoms with E-state index in [0.29, 0.717) is 15.4 Å². The predicted octanol–water partition coefficient (Wildman–Crippen LogP) is 1.58. The van der Waals surface area contributed by atoms with E-state index in [-0.39, 0.29) is 11.8 Å². The Balaban J connectivity index is 2.96. The average molecular weight is 178 g/mol. The van der Waals surface area contributed by atoms with Gasteiger partial charge in [0, 0.05) is 10.8 Å². The molecule has 5 heteroatoms. The summed E-state index contributed by atoms with van der Waals surface area (Å²) in [4.78, 5) is 10.2. The van der Waals surface area contributed by atoms with Gasteiger partial charge < -0.3 is 10.2 Å². The summed E-state index contributed by atoms with van der Waals surface area (Å²) in [7, 11) is 0. The molecule has 0 atom stereocenters. The molecule has 5 nitrogen and oxygen atoms in total. The molecule has 1 aromatic heterocycles. The van der Waals surface area contributed by atoms with Crippen molar-refractivity contribution < 1.29 is 10.2 Å². The summed E-state index contributed by atoms with van der Waals surface area (Å²) in [6, 6.07) is 6.56. The van der Waals surface area contributed by atoms with Gasteiger partial charge in [-0.3, -0.25) is 0 Å². The van der Waals surface area contributed by atoms with Crippen molar-refractivity contribution in [1.29, 1.82) is 0 Å². The second kappa shape index (κ2) is 2.48. The van der Waals surface area contributed by atoms with E-state index in [0.717, 1.165) is 0 Å². The van der Waals surface area contributed by atoms with Crippen LogP contribution in [0.4, 0.5) is 0 Å². The van der Waals surface area contributed by atoms with Crippen LogP contribution in [0.2, 0.25) is 0 Å². The summed E-state index contributed by atoms with van der Waals surface area (Å²) in [5.41, 5.74) is 0. The molecule has 13 heavy (non-hydrogen) atoms. The van der Waals surface area contributed by atoms with Gasteiger partial charge in [0.1, 0.15) is 0 Å². The average Bonchev–Trinajstić information content (AvgIpc) is 2.41. The molecule has 0 aliphatic carbocycles. The van der Waals surface area contributed by atoms with E-state index in [1.165, 1.54) is 0 Å². The molecule has 0 fully saturated rings. The summed E-state index contributed by atoms with van der Waals surface area (Å²) in [5, 5.41) is 22.0. The van der Waals surface area contributed by atoms with Crippen molar-refractivity contribution in [3.8, 4) is 11.8 Å². The van der Waals surface area contributed by atoms with Gasteiger partial charge in [0.15, 0.2) is 0 Å². The standard InChI is InChI=1S/C8H6N2O3/c11-7-5-3-1-2-4-6(5)8(12)10(7)9-13/h1-4,11-12H. The van der Waals surface area contributed by atoms with Crippen LogP contribution in [0.5, 0.6) is 11.8 Å². The lowest BCUT2D eigenvalue weighted by atomic mass is 10.2. The quantitative estimate of drug-likeness (QED) is 0.651. The van der Waals surface area contributed by atoms with Crippen LogP contribution in [0, 0.1) is 4.91 Å². The zero-order chi connectivity index (χ0) is 9.42. The second-order valence-corrected chi connectivity index (χ2v) is 2.59. The van der Waals surface area contributed by atoms with Crippen molar-refractivity contribution in [3.05, 3.63) is 29.2 Å². The maximum atomic E-state index is 10.2. The van der Waals surface area contributed by atoms with Crippen molar-refractivity contribution in [2.45, 2.75) is 0 Å². The number of nitroso groups, excluding NO2 is 1. The molecule has 1 aromatic carbocycles. The molecular formula is C8H6N2O3. The van der Waals surface area contributed by atoms with E-state index in [9.17, 15) is 15.1 Å². The van der Waals surface area contributed by atoms with E-state index < -0.39 is 0 Å². The number of hydrogen-bond acceptors (Lipinski definition) is 4. The summed E-state index contributed by atoms with van der Waals surface area (Å²) in [6.45, 7) is 0. The Labute approximate surface area is 72.8 Å². The van der Waals surface area contributed by atoms with Crippen LogP contribution >= 0.6 is 0 Å². The van der Waals surface area contributed by atoms with E-state index in [4.69, 9.17) is 0 Å². The third-order valence-electron chi connectivity index (χ3n) is 1.89. The van der Waals surface area contributed by atoms with Gasteiger partial charge in [-0.25, -0.2) is 0 Å². The SMILES string of the molecule is O=Nn1c(O)c2ccccc2c1O. The number of aromatic nitrogens is 1. The fourth-order valence-corrected chi connectivity index (χ4v) is 1.28. The molecule has 66 valence electrons. The highest BCUT2D eigenvalue weighted by atomic mass is 16.3. The normalized spacial score (nSPS) is 10.5. The predicted molar refractivity (Wildman–Crippen MR) is 46.5 cm³/mol. The van der Waals surface area contributed by atoms with Crippen molar-refractivity contribution in [3.63, 3.8) is 0 Å². The maximum absolute atomic E-state index is 10.2. The van der Waals surface area contributed by atoms with Crippen molar-refractivity contribution in [2.75, 3.05) is 0 Å². The first-order chi connectivity index (χ1) is 6.25. The summed E-state index contributed by atoms with van der Waals surface area (Å²) in [5.74, 6) is -0.689. The Hall–Kier alpha value is -2.04. The number of rotatable bonds is 1. The second-order valence-electron chi connectivity index (χ2n) is 2.59. The fraction of sp³-hybridized carbons (Fsp3) is 0. The minimum absolute atomic E-state index is 0.344. The lowest BCUT2D eigenvalue weighted by molar-refractivity contribution is 0.387. The van der Waals surface area contributed by atoms with Gasteiger partial charge in [-0.2, -0.15) is 0 Å². The minimum atomic E-state index is -0.344. The molecule has 2 aromatic rings. The van der Waals surface area contributed by atoms with Crippen LogP contribution < -0.4 is 0 Å². The first-order valence-corrected chi connectivity index (χ1v) is 3.60. The number of hydrogen-bond donors (Lipinski definition) is 2. The topological polar surface area (TPSA) is 74.8 Å². The smallest absolute Gasteiger partial charge is 0.226 e. The molecule has 0 aliphatic heterocycles. The van der Waals surface area contributed by atoms with E-state index >= 15 is 0 Å². The van der Waals surface area contributed by atoms with E-state index in [2.05, 4.69) is 5.29 Å². The molecule has 0 unspecified atom stereocenters. The van der Waals surface area contributed by atoms with Crippen LogP contribution in [0.1, 0.15) is 0 Å². The van der Waals surface area contributed by atoms with Gasteiger partial charge in [0.2, 0.25) is 11.8 Å². The maximum Gasteiger partial charge on any atom is 0.226 e. The number of fused-ring (bicyclic) bond motifs is 1. The van der Waals surface area contributed by atoms with Crippen molar-refractivity contribution >= 4 is 10.8 Å². The third-order valence-corrected chi connectivity index (χ3v) is 1.89. The molecule has 0 amide bonds. The van der Waals surface area contributed by atoms with Crippen LogP contribution in [-0.4, -0.2) is 14.9 Å². The lowest BCUT2D eigenvalue weighted by Crippen LogP contribution is -1.82. The largest absolute Gasteiger partial charge is 0.493 e. The van der Waals surface area contributed by atoms with Crippen LogP contribution in [0.15, 0.2) is 29.6 Å². The lowest BCUT2D eigenvalue weighted by Gasteiger charge is -1.90. The zero-order valence-electron chi connectivity index (χ0n) is 6.51. The minimum Gasteiger partial charge on any atom is -0.493 e. The first kappa shape index (κ1) is 7.60. The highest BCUT2D eigenvalue weighted by molar-refractivity contribution is 5.92. The van der Waals surface area contributed by atoms with E-state index in [1.807, 2.05) is 0 Å². The van der Waals surface area contributed by atoms with Gasteiger partial charge in [0.05, 0.1) is 5.29 Å². The number of nitrogens with zero attached hydrogens (tertiary/aromatic N) is 2. The molecule has 0 bridgehead atoms. The molecule has 2 rings (SSSR count). The highest BCUT2D eigenvalue weighted by Gasteiger charge is 2.14. The Morgan fingerprint density at radius 3 is 1.92 bits per heavy atom. The molecule has 2 N–H and O–H groups in total. The van der Waals surface area contributed by atoms with Gasteiger partial charge in [-0.1, -0.05) is 12.1 Å². The molecular weight excluding hydrogens is 172 g/mol. The molecule has 1 heterocycles. The van der Waals surface area contributed by atoms with Gasteiger partial charge >= 0.3 is 0 Å².